The fourth-order valence-electron chi connectivity index (χ4n) is 3.63. The lowest BCUT2D eigenvalue weighted by atomic mass is 10.1. The number of hydrogen-bond donors (Lipinski definition) is 2. The highest BCUT2D eigenvalue weighted by molar-refractivity contribution is 7.92. The average Bonchev–Trinajstić information content (AvgIpc) is 3.37. The zero-order valence-corrected chi connectivity index (χ0v) is 18.1. The minimum absolute atomic E-state index is 0.102. The van der Waals surface area contributed by atoms with E-state index in [0.29, 0.717) is 29.9 Å². The lowest BCUT2D eigenvalue weighted by Gasteiger charge is -2.26. The molecule has 8 nitrogen and oxygen atoms in total. The van der Waals surface area contributed by atoms with E-state index < -0.39 is 15.8 Å². The molecular formula is C21H23FN4O4S. The van der Waals surface area contributed by atoms with Crippen LogP contribution in [0.5, 0.6) is 0 Å². The molecular weight excluding hydrogens is 423 g/mol. The molecule has 1 aliphatic heterocycles. The average molecular weight is 447 g/mol. The van der Waals surface area contributed by atoms with Crippen LogP contribution in [0.3, 0.4) is 0 Å². The third-order valence-corrected chi connectivity index (χ3v) is 6.83. The number of piperidine rings is 1. The number of carbonyl (C=O) groups is 1. The third kappa shape index (κ3) is 4.20. The molecule has 0 spiro atoms. The van der Waals surface area contributed by atoms with Crippen molar-refractivity contribution in [2.24, 2.45) is 0 Å². The van der Waals surface area contributed by atoms with Crippen molar-refractivity contribution in [3.8, 4) is 11.5 Å². The van der Waals surface area contributed by atoms with Gasteiger partial charge in [-0.25, -0.2) is 12.8 Å². The van der Waals surface area contributed by atoms with Gasteiger partial charge in [0.2, 0.25) is 0 Å². The number of aryl methyl sites for hydroxylation is 2. The minimum Gasteiger partial charge on any atom is -0.458 e. The molecule has 1 aliphatic rings. The number of sulfonamides is 1. The monoisotopic (exact) mass is 446 g/mol. The quantitative estimate of drug-likeness (QED) is 0.619. The third-order valence-electron chi connectivity index (χ3n) is 5.35. The van der Waals surface area contributed by atoms with Crippen LogP contribution in [0.15, 0.2) is 39.8 Å². The van der Waals surface area contributed by atoms with Gasteiger partial charge in [-0.1, -0.05) is 6.07 Å². The Morgan fingerprint density at radius 1 is 1.19 bits per heavy atom. The molecule has 0 saturated carbocycles. The van der Waals surface area contributed by atoms with Crippen LogP contribution in [0.25, 0.3) is 11.5 Å². The number of aromatic nitrogens is 2. The number of halogens is 1. The first-order valence-electron chi connectivity index (χ1n) is 9.98. The number of aromatic amines is 1. The summed E-state index contributed by atoms with van der Waals surface area (Å²) in [7, 11) is -4.04. The van der Waals surface area contributed by atoms with E-state index in [1.54, 1.807) is 11.8 Å². The van der Waals surface area contributed by atoms with Crippen LogP contribution < -0.4 is 4.72 Å². The molecule has 0 atom stereocenters. The first-order chi connectivity index (χ1) is 14.8. The normalized spacial score (nSPS) is 14.6. The Morgan fingerprint density at radius 2 is 1.94 bits per heavy atom. The fraction of sp³-hybridized carbons (Fsp3) is 0.333. The molecule has 3 heterocycles. The number of hydrogen-bond acceptors (Lipinski definition) is 5. The predicted molar refractivity (Wildman–Crippen MR) is 113 cm³/mol. The maximum absolute atomic E-state index is 13.8. The Kier molecular flexibility index (Phi) is 5.57. The van der Waals surface area contributed by atoms with E-state index in [1.165, 1.54) is 31.3 Å². The lowest BCUT2D eigenvalue weighted by molar-refractivity contribution is 0.0725. The molecule has 1 aromatic carbocycles. The zero-order chi connectivity index (χ0) is 22.2. The van der Waals surface area contributed by atoms with Crippen molar-refractivity contribution in [3.05, 3.63) is 53.2 Å². The molecule has 0 unspecified atom stereocenters. The van der Waals surface area contributed by atoms with Gasteiger partial charge in [-0.2, -0.15) is 5.10 Å². The van der Waals surface area contributed by atoms with Crippen molar-refractivity contribution in [1.29, 1.82) is 0 Å². The standard InChI is InChI=1S/C21H23FN4O4S/c1-13-6-7-15(10-17(13)22)25-31(28,29)19-11-18(30-14(19)2)20-16(12-23-24-20)21(27)26-8-4-3-5-9-26/h6-7,10-12,25H,3-5,8-9H2,1-2H3,(H,23,24). The van der Waals surface area contributed by atoms with Gasteiger partial charge in [-0.15, -0.1) is 0 Å². The summed E-state index contributed by atoms with van der Waals surface area (Å²) < 4.78 is 47.6. The van der Waals surface area contributed by atoms with Gasteiger partial charge in [0.15, 0.2) is 5.76 Å². The van der Waals surface area contributed by atoms with E-state index in [9.17, 15) is 17.6 Å². The van der Waals surface area contributed by atoms with E-state index in [-0.39, 0.29) is 28.0 Å². The first-order valence-corrected chi connectivity index (χ1v) is 11.5. The van der Waals surface area contributed by atoms with E-state index in [4.69, 9.17) is 4.42 Å². The smallest absolute Gasteiger partial charge is 0.265 e. The number of H-pyrrole nitrogens is 1. The number of furan rings is 1. The van der Waals surface area contributed by atoms with Crippen molar-refractivity contribution in [2.45, 2.75) is 38.0 Å². The molecule has 1 amide bonds. The number of anilines is 1. The van der Waals surface area contributed by atoms with Gasteiger partial charge >= 0.3 is 0 Å². The van der Waals surface area contributed by atoms with Gasteiger partial charge in [0.05, 0.1) is 17.4 Å². The van der Waals surface area contributed by atoms with E-state index in [2.05, 4.69) is 14.9 Å². The van der Waals surface area contributed by atoms with Gasteiger partial charge in [0.25, 0.3) is 15.9 Å². The number of benzene rings is 1. The summed E-state index contributed by atoms with van der Waals surface area (Å²) in [5, 5.41) is 6.70. The summed E-state index contributed by atoms with van der Waals surface area (Å²) in [5.41, 5.74) is 1.16. The van der Waals surface area contributed by atoms with Crippen LogP contribution in [0.1, 0.15) is 40.9 Å². The van der Waals surface area contributed by atoms with E-state index in [1.807, 2.05) is 0 Å². The Bertz CT molecular complexity index is 1230. The second kappa shape index (κ2) is 8.18. The number of amides is 1. The van der Waals surface area contributed by atoms with Crippen LogP contribution in [-0.4, -0.2) is 42.5 Å². The molecule has 0 bridgehead atoms. The van der Waals surface area contributed by atoms with Crippen molar-refractivity contribution in [3.63, 3.8) is 0 Å². The largest absolute Gasteiger partial charge is 0.458 e. The fourth-order valence-corrected chi connectivity index (χ4v) is 4.85. The van der Waals surface area contributed by atoms with Gasteiger partial charge in [-0.3, -0.25) is 14.6 Å². The molecule has 164 valence electrons. The molecule has 1 saturated heterocycles. The zero-order valence-electron chi connectivity index (χ0n) is 17.2. The topological polar surface area (TPSA) is 108 Å². The highest BCUT2D eigenvalue weighted by Gasteiger charge is 2.27. The Hall–Kier alpha value is -3.14. The van der Waals surface area contributed by atoms with Gasteiger partial charge in [-0.05, 0) is 50.8 Å². The molecule has 10 heteroatoms. The highest BCUT2D eigenvalue weighted by atomic mass is 32.2. The van der Waals surface area contributed by atoms with Crippen molar-refractivity contribution < 1.29 is 22.0 Å². The van der Waals surface area contributed by atoms with E-state index in [0.717, 1.165) is 25.3 Å². The van der Waals surface area contributed by atoms with Crippen molar-refractivity contribution in [2.75, 3.05) is 17.8 Å². The van der Waals surface area contributed by atoms with Crippen molar-refractivity contribution in [1.82, 2.24) is 15.1 Å². The Labute approximate surface area is 179 Å². The molecule has 0 radical (unpaired) electrons. The molecule has 1 fully saturated rings. The van der Waals surface area contributed by atoms with E-state index >= 15 is 0 Å². The minimum atomic E-state index is -4.04. The maximum atomic E-state index is 13.8. The number of rotatable bonds is 5. The second-order valence-corrected chi connectivity index (χ2v) is 9.26. The Balaban J connectivity index is 1.63. The molecule has 0 aliphatic carbocycles. The van der Waals surface area contributed by atoms with Crippen molar-refractivity contribution >= 4 is 21.6 Å². The summed E-state index contributed by atoms with van der Waals surface area (Å²) in [6, 6.07) is 5.43. The highest BCUT2D eigenvalue weighted by Crippen LogP contribution is 2.31. The molecule has 31 heavy (non-hydrogen) atoms. The number of likely N-dealkylation sites (tertiary alicyclic amines) is 1. The summed E-state index contributed by atoms with van der Waals surface area (Å²) in [5.74, 6) is -0.356. The second-order valence-electron chi connectivity index (χ2n) is 7.61. The number of nitrogens with one attached hydrogen (secondary N) is 2. The summed E-state index contributed by atoms with van der Waals surface area (Å²) in [6.07, 6.45) is 4.42. The summed E-state index contributed by atoms with van der Waals surface area (Å²) in [6.45, 7) is 4.46. The predicted octanol–water partition coefficient (Wildman–Crippen LogP) is 3.85. The molecule has 2 N–H and O–H groups in total. The lowest BCUT2D eigenvalue weighted by Crippen LogP contribution is -2.35. The molecule has 4 rings (SSSR count). The molecule has 2 aromatic heterocycles. The number of nitrogens with zero attached hydrogens (tertiary/aromatic N) is 2. The van der Waals surface area contributed by atoms with Crippen LogP contribution in [0.4, 0.5) is 10.1 Å². The number of carbonyl (C=O) groups excluding carboxylic acids is 1. The summed E-state index contributed by atoms with van der Waals surface area (Å²) in [4.78, 5) is 14.6. The van der Waals surface area contributed by atoms with Crippen LogP contribution >= 0.6 is 0 Å². The van der Waals surface area contributed by atoms with Crippen LogP contribution in [-0.2, 0) is 10.0 Å². The Morgan fingerprint density at radius 3 is 2.65 bits per heavy atom. The SMILES string of the molecule is Cc1ccc(NS(=O)(=O)c2cc(-c3[nH]ncc3C(=O)N3CCCCC3)oc2C)cc1F. The molecule has 3 aromatic rings. The van der Waals surface area contributed by atoms with Gasteiger partial charge in [0, 0.05) is 19.2 Å². The van der Waals surface area contributed by atoms with Crippen LogP contribution in [0, 0.1) is 19.7 Å². The van der Waals surface area contributed by atoms with Gasteiger partial charge < -0.3 is 9.32 Å². The van der Waals surface area contributed by atoms with Gasteiger partial charge in [0.1, 0.15) is 22.2 Å². The summed E-state index contributed by atoms with van der Waals surface area (Å²) >= 11 is 0. The van der Waals surface area contributed by atoms with Crippen LogP contribution in [0.2, 0.25) is 0 Å². The maximum Gasteiger partial charge on any atom is 0.265 e. The first kappa shape index (κ1) is 21.1.